The minimum absolute atomic E-state index is 0.145. The molecule has 1 atom stereocenters. The van der Waals surface area contributed by atoms with E-state index in [0.29, 0.717) is 23.5 Å². The van der Waals surface area contributed by atoms with Crippen molar-refractivity contribution in [2.45, 2.75) is 12.5 Å². The van der Waals surface area contributed by atoms with Crippen LogP contribution in [0.3, 0.4) is 0 Å². The predicted molar refractivity (Wildman–Crippen MR) is 115 cm³/mol. The number of halogens is 2. The Morgan fingerprint density at radius 2 is 2.10 bits per heavy atom. The van der Waals surface area contributed by atoms with Gasteiger partial charge in [0.1, 0.15) is 23.4 Å². The van der Waals surface area contributed by atoms with E-state index in [1.807, 2.05) is 19.0 Å². The van der Waals surface area contributed by atoms with Crippen LogP contribution in [0.25, 0.3) is 11.1 Å². The topological polar surface area (TPSA) is 96.3 Å². The van der Waals surface area contributed by atoms with Crippen molar-refractivity contribution in [2.75, 3.05) is 32.6 Å². The summed E-state index contributed by atoms with van der Waals surface area (Å²) >= 11 is 0. The SMILES string of the molecule is CN(C)CCCOc1cc(-c2cn[nH]c2)c(F)cc1NC(=O)C(N)c1cccc(F)c1. The third kappa shape index (κ3) is 5.87. The summed E-state index contributed by atoms with van der Waals surface area (Å²) in [5.41, 5.74) is 7.25. The minimum atomic E-state index is -1.13. The molecule has 0 fully saturated rings. The molecule has 0 aliphatic heterocycles. The molecule has 0 spiro atoms. The zero-order chi connectivity index (χ0) is 22.4. The summed E-state index contributed by atoms with van der Waals surface area (Å²) in [4.78, 5) is 14.7. The second kappa shape index (κ2) is 10.1. The number of nitrogens with zero attached hydrogens (tertiary/aromatic N) is 2. The molecule has 3 aromatic rings. The highest BCUT2D eigenvalue weighted by Gasteiger charge is 2.20. The Hall–Kier alpha value is -3.30. The standard InChI is InChI=1S/C22H25F2N5O2/c1-29(2)7-4-8-31-20-10-17(15-12-26-27-13-15)18(24)11-19(20)28-22(30)21(25)14-5-3-6-16(23)9-14/h3,5-6,9-13,21H,4,7-8,25H2,1-2H3,(H,26,27)(H,28,30). The number of nitrogens with one attached hydrogen (secondary N) is 2. The molecule has 7 nitrogen and oxygen atoms in total. The van der Waals surface area contributed by atoms with Crippen molar-refractivity contribution in [1.82, 2.24) is 15.1 Å². The fourth-order valence-electron chi connectivity index (χ4n) is 3.01. The van der Waals surface area contributed by atoms with Gasteiger partial charge in [-0.05, 0) is 44.3 Å². The van der Waals surface area contributed by atoms with Crippen molar-refractivity contribution in [3.8, 4) is 16.9 Å². The fraction of sp³-hybridized carbons (Fsp3) is 0.273. The number of carbonyl (C=O) groups is 1. The molecule has 9 heteroatoms. The number of aromatic nitrogens is 2. The van der Waals surface area contributed by atoms with Crippen molar-refractivity contribution in [3.05, 3.63) is 66.0 Å². The molecular weight excluding hydrogens is 404 g/mol. The van der Waals surface area contributed by atoms with Crippen molar-refractivity contribution >= 4 is 11.6 Å². The number of amides is 1. The third-order valence-electron chi connectivity index (χ3n) is 4.63. The number of anilines is 1. The van der Waals surface area contributed by atoms with Crippen LogP contribution in [0.1, 0.15) is 18.0 Å². The fourth-order valence-corrected chi connectivity index (χ4v) is 3.01. The van der Waals surface area contributed by atoms with E-state index in [0.717, 1.165) is 13.0 Å². The molecule has 0 radical (unpaired) electrons. The van der Waals surface area contributed by atoms with Crippen molar-refractivity contribution in [1.29, 1.82) is 0 Å². The van der Waals surface area contributed by atoms with Gasteiger partial charge in [0.05, 0.1) is 18.5 Å². The quantitative estimate of drug-likeness (QED) is 0.454. The number of aromatic amines is 1. The average molecular weight is 429 g/mol. The Labute approximate surface area is 179 Å². The zero-order valence-electron chi connectivity index (χ0n) is 17.4. The lowest BCUT2D eigenvalue weighted by atomic mass is 10.1. The van der Waals surface area contributed by atoms with Gasteiger partial charge in [-0.3, -0.25) is 9.89 Å². The Morgan fingerprint density at radius 3 is 2.77 bits per heavy atom. The number of carbonyl (C=O) groups excluding carboxylic acids is 1. The van der Waals surface area contributed by atoms with E-state index in [1.165, 1.54) is 36.5 Å². The Bertz CT molecular complexity index is 1020. The summed E-state index contributed by atoms with van der Waals surface area (Å²) in [6.07, 6.45) is 3.79. The number of benzene rings is 2. The number of ether oxygens (including phenoxy) is 1. The Balaban J connectivity index is 1.84. The smallest absolute Gasteiger partial charge is 0.245 e. The van der Waals surface area contributed by atoms with Crippen LogP contribution in [0, 0.1) is 11.6 Å². The van der Waals surface area contributed by atoms with Gasteiger partial charge in [-0.15, -0.1) is 0 Å². The van der Waals surface area contributed by atoms with Crippen LogP contribution in [0.2, 0.25) is 0 Å². The summed E-state index contributed by atoms with van der Waals surface area (Å²) in [6, 6.07) is 7.03. The van der Waals surface area contributed by atoms with Crippen molar-refractivity contribution in [3.63, 3.8) is 0 Å². The van der Waals surface area contributed by atoms with Gasteiger partial charge in [0.25, 0.3) is 0 Å². The van der Waals surface area contributed by atoms with E-state index in [2.05, 4.69) is 15.5 Å². The minimum Gasteiger partial charge on any atom is -0.491 e. The molecule has 1 unspecified atom stereocenters. The van der Waals surface area contributed by atoms with E-state index in [1.54, 1.807) is 12.3 Å². The highest BCUT2D eigenvalue weighted by molar-refractivity contribution is 5.97. The number of hydrogen-bond acceptors (Lipinski definition) is 5. The largest absolute Gasteiger partial charge is 0.491 e. The molecule has 1 aromatic heterocycles. The van der Waals surface area contributed by atoms with Gasteiger partial charge in [0.2, 0.25) is 5.91 Å². The average Bonchev–Trinajstić information content (AvgIpc) is 3.26. The second-order valence-corrected chi connectivity index (χ2v) is 7.34. The molecule has 4 N–H and O–H groups in total. The summed E-state index contributed by atoms with van der Waals surface area (Å²) in [7, 11) is 3.91. The lowest BCUT2D eigenvalue weighted by Gasteiger charge is -2.18. The molecule has 0 saturated carbocycles. The van der Waals surface area contributed by atoms with Gasteiger partial charge < -0.3 is 20.7 Å². The number of nitrogens with two attached hydrogens (primary N) is 1. The molecule has 0 saturated heterocycles. The Kier molecular flexibility index (Phi) is 7.32. The van der Waals surface area contributed by atoms with Crippen molar-refractivity contribution < 1.29 is 18.3 Å². The van der Waals surface area contributed by atoms with Crippen LogP contribution >= 0.6 is 0 Å². The first kappa shape index (κ1) is 22.4. The number of H-pyrrole nitrogens is 1. The van der Waals surface area contributed by atoms with E-state index >= 15 is 0 Å². The van der Waals surface area contributed by atoms with E-state index < -0.39 is 23.6 Å². The number of hydrogen-bond donors (Lipinski definition) is 3. The summed E-state index contributed by atoms with van der Waals surface area (Å²) in [6.45, 7) is 1.18. The summed E-state index contributed by atoms with van der Waals surface area (Å²) in [5, 5.41) is 9.09. The highest BCUT2D eigenvalue weighted by atomic mass is 19.1. The van der Waals surface area contributed by atoms with Crippen LogP contribution in [-0.4, -0.2) is 48.3 Å². The van der Waals surface area contributed by atoms with Crippen LogP contribution in [-0.2, 0) is 4.79 Å². The van der Waals surface area contributed by atoms with Gasteiger partial charge in [-0.1, -0.05) is 12.1 Å². The second-order valence-electron chi connectivity index (χ2n) is 7.34. The predicted octanol–water partition coefficient (Wildman–Crippen LogP) is 3.32. The normalized spacial score (nSPS) is 12.1. The molecule has 0 aliphatic rings. The molecule has 1 amide bonds. The summed E-state index contributed by atoms with van der Waals surface area (Å²) in [5.74, 6) is -1.37. The maximum atomic E-state index is 14.8. The van der Waals surface area contributed by atoms with Crippen LogP contribution in [0.15, 0.2) is 48.8 Å². The van der Waals surface area contributed by atoms with E-state index in [9.17, 15) is 13.6 Å². The van der Waals surface area contributed by atoms with Gasteiger partial charge in [-0.2, -0.15) is 5.10 Å². The van der Waals surface area contributed by atoms with Crippen LogP contribution in [0.5, 0.6) is 5.75 Å². The van der Waals surface area contributed by atoms with Crippen molar-refractivity contribution in [2.24, 2.45) is 5.73 Å². The molecular formula is C22H25F2N5O2. The molecule has 31 heavy (non-hydrogen) atoms. The lowest BCUT2D eigenvalue weighted by Crippen LogP contribution is -2.28. The van der Waals surface area contributed by atoms with E-state index in [-0.39, 0.29) is 11.3 Å². The van der Waals surface area contributed by atoms with Gasteiger partial charge >= 0.3 is 0 Å². The van der Waals surface area contributed by atoms with Gasteiger partial charge in [0.15, 0.2) is 0 Å². The molecule has 3 rings (SSSR count). The zero-order valence-corrected chi connectivity index (χ0v) is 17.4. The molecule has 0 aliphatic carbocycles. The van der Waals surface area contributed by atoms with Crippen LogP contribution < -0.4 is 15.8 Å². The highest BCUT2D eigenvalue weighted by Crippen LogP contribution is 2.34. The van der Waals surface area contributed by atoms with Gasteiger partial charge in [0, 0.05) is 29.9 Å². The summed E-state index contributed by atoms with van der Waals surface area (Å²) < 4.78 is 34.1. The molecule has 164 valence electrons. The van der Waals surface area contributed by atoms with Crippen LogP contribution in [0.4, 0.5) is 14.5 Å². The first-order chi connectivity index (χ1) is 14.8. The maximum Gasteiger partial charge on any atom is 0.245 e. The van der Waals surface area contributed by atoms with Gasteiger partial charge in [-0.25, -0.2) is 8.78 Å². The number of rotatable bonds is 9. The maximum absolute atomic E-state index is 14.8. The monoisotopic (exact) mass is 429 g/mol. The first-order valence-electron chi connectivity index (χ1n) is 9.77. The Morgan fingerprint density at radius 1 is 1.29 bits per heavy atom. The lowest BCUT2D eigenvalue weighted by molar-refractivity contribution is -0.117. The molecule has 2 aromatic carbocycles. The third-order valence-corrected chi connectivity index (χ3v) is 4.63. The molecule has 0 bridgehead atoms. The van der Waals surface area contributed by atoms with E-state index in [4.69, 9.17) is 10.5 Å². The molecule has 1 heterocycles. The first-order valence-corrected chi connectivity index (χ1v) is 9.77.